The zero-order chi connectivity index (χ0) is 13.2. The standard InChI is InChI=1S/C15H10N2O2/c18-14-12(10-11-6-2-1-3-7-11)15(19)17-9-5-4-8-13(17)16-14/h1-10H. The van der Waals surface area contributed by atoms with Crippen molar-refractivity contribution < 1.29 is 9.59 Å². The summed E-state index contributed by atoms with van der Waals surface area (Å²) in [6, 6.07) is 9.24. The number of benzene rings is 1. The van der Waals surface area contributed by atoms with Crippen LogP contribution in [0.5, 0.6) is 0 Å². The first-order chi connectivity index (χ1) is 9.25. The van der Waals surface area contributed by atoms with Crippen molar-refractivity contribution in [1.29, 1.82) is 0 Å². The fourth-order valence-electron chi connectivity index (χ4n) is 1.92. The van der Waals surface area contributed by atoms with E-state index in [4.69, 9.17) is 0 Å². The second-order valence-electron chi connectivity index (χ2n) is 4.12. The van der Waals surface area contributed by atoms with Crippen LogP contribution in [0.3, 0.4) is 0 Å². The van der Waals surface area contributed by atoms with Crippen LogP contribution in [-0.4, -0.2) is 22.5 Å². The monoisotopic (exact) mass is 250 g/mol. The van der Waals surface area contributed by atoms with E-state index >= 15 is 0 Å². The van der Waals surface area contributed by atoms with E-state index in [1.165, 1.54) is 4.90 Å². The Morgan fingerprint density at radius 1 is 1.05 bits per heavy atom. The van der Waals surface area contributed by atoms with Crippen LogP contribution in [0.1, 0.15) is 5.56 Å². The lowest BCUT2D eigenvalue weighted by atomic mass is 10.1. The molecule has 2 aliphatic rings. The maximum absolute atomic E-state index is 12.2. The Kier molecular flexibility index (Phi) is 2.68. The number of rotatable bonds is 1. The van der Waals surface area contributed by atoms with E-state index in [9.17, 15) is 9.59 Å². The average Bonchev–Trinajstić information content (AvgIpc) is 2.45. The second kappa shape index (κ2) is 4.49. The van der Waals surface area contributed by atoms with Gasteiger partial charge in [0.25, 0.3) is 11.8 Å². The zero-order valence-corrected chi connectivity index (χ0v) is 9.98. The van der Waals surface area contributed by atoms with Gasteiger partial charge in [-0.3, -0.25) is 14.5 Å². The van der Waals surface area contributed by atoms with Crippen LogP contribution in [0.4, 0.5) is 0 Å². The molecule has 4 heteroatoms. The van der Waals surface area contributed by atoms with E-state index in [1.54, 1.807) is 30.5 Å². The van der Waals surface area contributed by atoms with E-state index in [2.05, 4.69) is 4.99 Å². The van der Waals surface area contributed by atoms with Gasteiger partial charge in [0.15, 0.2) is 0 Å². The fourth-order valence-corrected chi connectivity index (χ4v) is 1.92. The highest BCUT2D eigenvalue weighted by molar-refractivity contribution is 6.32. The van der Waals surface area contributed by atoms with Crippen molar-refractivity contribution in [2.75, 3.05) is 0 Å². The molecule has 0 fully saturated rings. The SMILES string of the molecule is O=C1N=C2C=CC=CN2C(=O)C1=Cc1ccccc1. The molecular formula is C15H10N2O2. The van der Waals surface area contributed by atoms with E-state index in [0.29, 0.717) is 5.84 Å². The van der Waals surface area contributed by atoms with E-state index in [0.717, 1.165) is 5.56 Å². The second-order valence-corrected chi connectivity index (χ2v) is 4.12. The Morgan fingerprint density at radius 2 is 1.84 bits per heavy atom. The van der Waals surface area contributed by atoms with Crippen molar-refractivity contribution in [1.82, 2.24) is 4.90 Å². The fraction of sp³-hybridized carbons (Fsp3) is 0. The number of carbonyl (C=O) groups is 2. The number of aliphatic imine (C=N–C) groups is 1. The summed E-state index contributed by atoms with van der Waals surface area (Å²) in [6.07, 6.45) is 8.27. The Hall–Kier alpha value is -2.75. The highest BCUT2D eigenvalue weighted by Crippen LogP contribution is 2.18. The molecule has 0 atom stereocenters. The summed E-state index contributed by atoms with van der Waals surface area (Å²) in [4.78, 5) is 29.4. The lowest BCUT2D eigenvalue weighted by Gasteiger charge is -2.24. The molecule has 4 nitrogen and oxygen atoms in total. The molecule has 1 aromatic rings. The third-order valence-electron chi connectivity index (χ3n) is 2.84. The topological polar surface area (TPSA) is 49.7 Å². The van der Waals surface area contributed by atoms with Gasteiger partial charge < -0.3 is 0 Å². The summed E-state index contributed by atoms with van der Waals surface area (Å²) < 4.78 is 0. The minimum absolute atomic E-state index is 0.0786. The molecule has 0 bridgehead atoms. The van der Waals surface area contributed by atoms with Crippen LogP contribution >= 0.6 is 0 Å². The summed E-state index contributed by atoms with van der Waals surface area (Å²) in [6.45, 7) is 0. The molecule has 0 saturated carbocycles. The molecule has 2 amide bonds. The lowest BCUT2D eigenvalue weighted by Crippen LogP contribution is -2.39. The number of amidine groups is 1. The van der Waals surface area contributed by atoms with Crippen LogP contribution in [0.25, 0.3) is 6.08 Å². The van der Waals surface area contributed by atoms with Crippen molar-refractivity contribution in [2.45, 2.75) is 0 Å². The van der Waals surface area contributed by atoms with Crippen molar-refractivity contribution in [3.8, 4) is 0 Å². The molecule has 0 spiro atoms. The van der Waals surface area contributed by atoms with Gasteiger partial charge in [-0.25, -0.2) is 0 Å². The molecule has 0 aromatic heterocycles. The van der Waals surface area contributed by atoms with Crippen LogP contribution in [0, 0.1) is 0 Å². The summed E-state index contributed by atoms with van der Waals surface area (Å²) >= 11 is 0. The average molecular weight is 250 g/mol. The van der Waals surface area contributed by atoms with Gasteiger partial charge in [0.05, 0.1) is 0 Å². The number of allylic oxidation sites excluding steroid dienone is 2. The molecule has 0 saturated heterocycles. The van der Waals surface area contributed by atoms with Gasteiger partial charge in [-0.05, 0) is 23.8 Å². The highest BCUT2D eigenvalue weighted by atomic mass is 16.2. The number of carbonyl (C=O) groups excluding carboxylic acids is 2. The minimum atomic E-state index is -0.500. The molecule has 0 aliphatic carbocycles. The van der Waals surface area contributed by atoms with E-state index in [-0.39, 0.29) is 11.5 Å². The van der Waals surface area contributed by atoms with Crippen molar-refractivity contribution in [2.24, 2.45) is 4.99 Å². The summed E-state index contributed by atoms with van der Waals surface area (Å²) in [5.74, 6) is -0.484. The largest absolute Gasteiger partial charge is 0.284 e. The van der Waals surface area contributed by atoms with Gasteiger partial charge in [0.2, 0.25) is 0 Å². The Bertz CT molecular complexity index is 667. The summed E-state index contributed by atoms with van der Waals surface area (Å²) in [5.41, 5.74) is 0.879. The van der Waals surface area contributed by atoms with Crippen LogP contribution in [0.2, 0.25) is 0 Å². The number of amides is 2. The predicted molar refractivity (Wildman–Crippen MR) is 72.0 cm³/mol. The Labute approximate surface area is 110 Å². The zero-order valence-electron chi connectivity index (χ0n) is 9.98. The first-order valence-corrected chi connectivity index (χ1v) is 5.84. The van der Waals surface area contributed by atoms with Gasteiger partial charge in [0, 0.05) is 6.20 Å². The molecule has 2 heterocycles. The first kappa shape index (κ1) is 11.3. The smallest absolute Gasteiger partial charge is 0.268 e. The van der Waals surface area contributed by atoms with Gasteiger partial charge >= 0.3 is 0 Å². The summed E-state index contributed by atoms with van der Waals surface area (Å²) in [7, 11) is 0. The molecule has 0 N–H and O–H groups in total. The van der Waals surface area contributed by atoms with Crippen molar-refractivity contribution in [3.63, 3.8) is 0 Å². The quantitative estimate of drug-likeness (QED) is 0.564. The molecule has 19 heavy (non-hydrogen) atoms. The highest BCUT2D eigenvalue weighted by Gasteiger charge is 2.31. The van der Waals surface area contributed by atoms with Crippen molar-refractivity contribution in [3.05, 3.63) is 65.9 Å². The van der Waals surface area contributed by atoms with Crippen LogP contribution < -0.4 is 0 Å². The normalized spacial score (nSPS) is 19.7. The number of fused-ring (bicyclic) bond motifs is 1. The number of hydrogen-bond acceptors (Lipinski definition) is 2. The van der Waals surface area contributed by atoms with E-state index in [1.807, 2.05) is 30.3 Å². The molecule has 1 aromatic carbocycles. The lowest BCUT2D eigenvalue weighted by molar-refractivity contribution is -0.126. The van der Waals surface area contributed by atoms with E-state index < -0.39 is 5.91 Å². The Morgan fingerprint density at radius 3 is 2.63 bits per heavy atom. The molecule has 3 rings (SSSR count). The third kappa shape index (κ3) is 2.04. The predicted octanol–water partition coefficient (Wildman–Crippen LogP) is 1.92. The number of hydrogen-bond donors (Lipinski definition) is 0. The minimum Gasteiger partial charge on any atom is -0.268 e. The van der Waals surface area contributed by atoms with Crippen LogP contribution in [0.15, 0.2) is 65.3 Å². The maximum Gasteiger partial charge on any atom is 0.284 e. The van der Waals surface area contributed by atoms with Crippen LogP contribution in [-0.2, 0) is 9.59 Å². The maximum atomic E-state index is 12.2. The molecular weight excluding hydrogens is 240 g/mol. The van der Waals surface area contributed by atoms with Gasteiger partial charge in [0.1, 0.15) is 11.4 Å². The third-order valence-corrected chi connectivity index (χ3v) is 2.84. The van der Waals surface area contributed by atoms with Gasteiger partial charge in [-0.15, -0.1) is 0 Å². The van der Waals surface area contributed by atoms with Gasteiger partial charge in [-0.2, -0.15) is 4.99 Å². The summed E-state index contributed by atoms with van der Waals surface area (Å²) in [5, 5.41) is 0. The molecule has 0 unspecified atom stereocenters. The molecule has 92 valence electrons. The van der Waals surface area contributed by atoms with Gasteiger partial charge in [-0.1, -0.05) is 36.4 Å². The molecule has 0 radical (unpaired) electrons. The molecule has 2 aliphatic heterocycles. The number of nitrogens with zero attached hydrogens (tertiary/aromatic N) is 2. The first-order valence-electron chi connectivity index (χ1n) is 5.84. The Balaban J connectivity index is 2.04. The van der Waals surface area contributed by atoms with Crippen molar-refractivity contribution >= 4 is 23.7 Å².